The molecule has 85 heavy (non-hydrogen) atoms. The zero-order valence-corrected chi connectivity index (χ0v) is 49.1. The van der Waals surface area contributed by atoms with Gasteiger partial charge in [-0.25, -0.2) is 0 Å². The summed E-state index contributed by atoms with van der Waals surface area (Å²) in [4.78, 5) is 122. The highest BCUT2D eigenvalue weighted by Gasteiger charge is 2.42. The Bertz CT molecular complexity index is 3080. The lowest BCUT2D eigenvalue weighted by molar-refractivity contribution is -0.130. The summed E-state index contributed by atoms with van der Waals surface area (Å²) in [7, 11) is 0. The third-order valence-electron chi connectivity index (χ3n) is 18.0. The third kappa shape index (κ3) is 16.5. The number of rotatable bonds is 25. The fourth-order valence-corrected chi connectivity index (χ4v) is 13.6. The molecule has 4 aromatic rings. The number of hydrogen-bond donors (Lipinski definition) is 12. The molecule has 13 N–H and O–H groups in total. The van der Waals surface area contributed by atoms with Gasteiger partial charge in [0.25, 0.3) is 0 Å². The van der Waals surface area contributed by atoms with Crippen LogP contribution >= 0.6 is 0 Å². The van der Waals surface area contributed by atoms with E-state index < -0.39 is 77.7 Å². The molecule has 9 amide bonds. The van der Waals surface area contributed by atoms with Crippen molar-refractivity contribution < 1.29 is 43.2 Å². The van der Waals surface area contributed by atoms with Crippen molar-refractivity contribution in [1.82, 2.24) is 58.5 Å². The normalized spacial score (nSPS) is 25.6. The second kappa shape index (κ2) is 29.1. The van der Waals surface area contributed by atoms with E-state index in [9.17, 15) is 43.2 Å². The number of carbonyl (C=O) groups excluding carboxylic acids is 9. The first-order valence-electron chi connectivity index (χ1n) is 30.7. The monoisotopic (exact) mass is 1170 g/mol. The number of hydrogen-bond acceptors (Lipinski definition) is 12. The van der Waals surface area contributed by atoms with Crippen LogP contribution in [-0.2, 0) is 56.0 Å². The molecule has 3 aliphatic heterocycles. The van der Waals surface area contributed by atoms with Gasteiger partial charge in [0, 0.05) is 89.7 Å². The summed E-state index contributed by atoms with van der Waals surface area (Å²) >= 11 is 0. The molecule has 5 fully saturated rings. The molecule has 2 aliphatic carbocycles. The number of nitrogens with two attached hydrogens (primary N) is 1. The summed E-state index contributed by atoms with van der Waals surface area (Å²) in [5.74, 6) is -6.09. The Labute approximate surface area is 497 Å². The molecule has 10 unspecified atom stereocenters. The predicted molar refractivity (Wildman–Crippen MR) is 323 cm³/mol. The van der Waals surface area contributed by atoms with E-state index in [1.54, 1.807) is 0 Å². The standard InChI is InChI=1S/C64H86N12O9/c1-36(2)23-43(29-69-61(82)47-17-9-20-53(47)73-57(78)27-44(25-38-21-22-39-11-4-5-13-41(39)24-38)71-62(83)48-18-10-19-52(48)70-37(3)77)60(81)75-55-34-68-32-51(55)64(85)76-56-35-67-31-50(56)63(84)72-45(26-42-15-8-14-40-12-6-7-16-46(40)42)28-58(79)74-54-33-66-30-49(54)59(65)80/h4-8,11-16,21-22,24,36,43-45,47-56,66-68H,9-10,17-20,23,25-35H2,1-3H3,(H2,65,80)(H,69,82)(H,70,77)(H,71,83)(H,72,84)(H,73,78)(H,74,79)(H,75,81)(H,76,85)/t43-,44-,45-,47?,48?,49?,50?,51?,52?,53?,54?,55?,56?/m0/s1. The van der Waals surface area contributed by atoms with Crippen LogP contribution in [0.3, 0.4) is 0 Å². The lowest BCUT2D eigenvalue weighted by atomic mass is 9.93. The van der Waals surface area contributed by atoms with Crippen molar-refractivity contribution in [3.05, 3.63) is 96.1 Å². The van der Waals surface area contributed by atoms with Gasteiger partial charge in [0.15, 0.2) is 0 Å². The van der Waals surface area contributed by atoms with Crippen molar-refractivity contribution >= 4 is 74.7 Å². The van der Waals surface area contributed by atoms with Gasteiger partial charge >= 0.3 is 0 Å². The molecule has 13 atom stereocenters. The smallest absolute Gasteiger partial charge is 0.226 e. The highest BCUT2D eigenvalue weighted by molar-refractivity contribution is 5.89. The van der Waals surface area contributed by atoms with Crippen molar-refractivity contribution in [3.63, 3.8) is 0 Å². The maximum Gasteiger partial charge on any atom is 0.226 e. The SMILES string of the molecule is CC(=O)NC1CCCC1C(=O)N[C@H](CC(=O)NC1CCCC1C(=O)NC[C@H](CC(C)C)C(=O)NC1CNCC1C(=O)NC1CNCC1C(=O)N[C@H](CC(=O)NC1CNCC1C(N)=O)Cc1cccc2ccccc12)Cc1ccc2ccccc2c1. The molecule has 2 saturated carbocycles. The first kappa shape index (κ1) is 62.1. The summed E-state index contributed by atoms with van der Waals surface area (Å²) in [6.07, 6.45) is 5.12. The van der Waals surface area contributed by atoms with Gasteiger partial charge < -0.3 is 64.2 Å². The van der Waals surface area contributed by atoms with Crippen LogP contribution in [0.15, 0.2) is 84.9 Å². The first-order valence-corrected chi connectivity index (χ1v) is 30.7. The molecular weight excluding hydrogens is 1080 g/mol. The van der Waals surface area contributed by atoms with Gasteiger partial charge in [0.05, 0.1) is 53.6 Å². The van der Waals surface area contributed by atoms with Crippen LogP contribution in [0.1, 0.15) is 89.7 Å². The van der Waals surface area contributed by atoms with E-state index in [1.807, 2.05) is 92.7 Å². The second-order valence-electron chi connectivity index (χ2n) is 24.8. The van der Waals surface area contributed by atoms with Gasteiger partial charge in [0.1, 0.15) is 0 Å². The van der Waals surface area contributed by atoms with Crippen LogP contribution < -0.4 is 64.2 Å². The van der Waals surface area contributed by atoms with Crippen LogP contribution in [0.4, 0.5) is 0 Å². The van der Waals surface area contributed by atoms with E-state index in [1.165, 1.54) is 6.92 Å². The molecule has 0 bridgehead atoms. The average Bonchev–Trinajstić information content (AvgIpc) is 4.49. The van der Waals surface area contributed by atoms with E-state index in [-0.39, 0.29) is 85.1 Å². The fourth-order valence-electron chi connectivity index (χ4n) is 13.6. The Morgan fingerprint density at radius 2 is 1.06 bits per heavy atom. The molecule has 0 spiro atoms. The Balaban J connectivity index is 0.786. The predicted octanol–water partition coefficient (Wildman–Crippen LogP) is 1.49. The molecule has 0 radical (unpaired) electrons. The summed E-state index contributed by atoms with van der Waals surface area (Å²) in [6, 6.07) is 24.4. The van der Waals surface area contributed by atoms with Crippen molar-refractivity contribution in [2.45, 2.75) is 134 Å². The maximum atomic E-state index is 14.3. The summed E-state index contributed by atoms with van der Waals surface area (Å²) in [5.41, 5.74) is 7.54. The molecule has 9 rings (SSSR count). The summed E-state index contributed by atoms with van der Waals surface area (Å²) in [5, 5.41) is 38.4. The van der Waals surface area contributed by atoms with Crippen molar-refractivity contribution in [2.75, 3.05) is 45.8 Å². The van der Waals surface area contributed by atoms with E-state index in [0.717, 1.165) is 39.1 Å². The maximum absolute atomic E-state index is 14.3. The van der Waals surface area contributed by atoms with Crippen molar-refractivity contribution in [2.24, 2.45) is 47.2 Å². The quantitative estimate of drug-likeness (QED) is 0.0450. The zero-order chi connectivity index (χ0) is 60.1. The molecule has 5 aliphatic rings. The van der Waals surface area contributed by atoms with Gasteiger partial charge in [-0.15, -0.1) is 0 Å². The molecular formula is C64H86N12O9. The summed E-state index contributed by atoms with van der Waals surface area (Å²) < 4.78 is 0. The highest BCUT2D eigenvalue weighted by atomic mass is 16.2. The Morgan fingerprint density at radius 3 is 1.72 bits per heavy atom. The highest BCUT2D eigenvalue weighted by Crippen LogP contribution is 2.29. The Morgan fingerprint density at radius 1 is 0.518 bits per heavy atom. The van der Waals surface area contributed by atoms with E-state index >= 15 is 0 Å². The number of amides is 9. The number of primary amides is 1. The lowest BCUT2D eigenvalue weighted by Gasteiger charge is -2.28. The molecule has 3 saturated heterocycles. The van der Waals surface area contributed by atoms with Gasteiger partial charge in [-0.3, -0.25) is 43.2 Å². The van der Waals surface area contributed by atoms with Crippen LogP contribution in [0, 0.1) is 41.4 Å². The Kier molecular flexibility index (Phi) is 21.2. The summed E-state index contributed by atoms with van der Waals surface area (Å²) in [6.45, 7) is 7.49. The second-order valence-corrected chi connectivity index (χ2v) is 24.8. The van der Waals surface area contributed by atoms with Gasteiger partial charge in [-0.2, -0.15) is 0 Å². The molecule has 21 nitrogen and oxygen atoms in total. The van der Waals surface area contributed by atoms with Gasteiger partial charge in [-0.05, 0) is 83.5 Å². The largest absolute Gasteiger partial charge is 0.369 e. The number of benzene rings is 4. The van der Waals surface area contributed by atoms with Crippen LogP contribution in [0.5, 0.6) is 0 Å². The minimum atomic E-state index is -0.673. The minimum Gasteiger partial charge on any atom is -0.369 e. The molecule has 0 aromatic heterocycles. The van der Waals surface area contributed by atoms with Crippen molar-refractivity contribution in [1.29, 1.82) is 0 Å². The molecule has 4 aromatic carbocycles. The van der Waals surface area contributed by atoms with Crippen molar-refractivity contribution in [3.8, 4) is 0 Å². The van der Waals surface area contributed by atoms with Gasteiger partial charge in [0.2, 0.25) is 53.2 Å². The molecule has 21 heteroatoms. The fraction of sp³-hybridized carbons (Fsp3) is 0.547. The van der Waals surface area contributed by atoms with Crippen LogP contribution in [0.2, 0.25) is 0 Å². The number of fused-ring (bicyclic) bond motifs is 2. The Hall–Kier alpha value is -7.49. The number of carbonyl (C=O) groups is 9. The number of nitrogens with one attached hydrogen (secondary N) is 11. The van der Waals surface area contributed by atoms with Crippen LogP contribution in [-0.4, -0.2) is 141 Å². The zero-order valence-electron chi connectivity index (χ0n) is 49.1. The third-order valence-corrected chi connectivity index (χ3v) is 18.0. The van der Waals surface area contributed by atoms with Gasteiger partial charge in [-0.1, -0.05) is 112 Å². The van der Waals surface area contributed by atoms with E-state index in [4.69, 9.17) is 5.73 Å². The first-order chi connectivity index (χ1) is 41.0. The van der Waals surface area contributed by atoms with E-state index in [0.29, 0.717) is 84.1 Å². The van der Waals surface area contributed by atoms with Crippen LogP contribution in [0.25, 0.3) is 21.5 Å². The molecule has 3 heterocycles. The topological polar surface area (TPSA) is 312 Å². The lowest BCUT2D eigenvalue weighted by Crippen LogP contribution is -2.54. The minimum absolute atomic E-state index is 0.0172. The van der Waals surface area contributed by atoms with E-state index in [2.05, 4.69) is 64.6 Å². The average molecular weight is 1170 g/mol. The molecule has 456 valence electrons.